The first-order chi connectivity index (χ1) is 8.83. The Morgan fingerprint density at radius 3 is 2.63 bits per heavy atom. The zero-order chi connectivity index (χ0) is 14.6. The lowest BCUT2D eigenvalue weighted by Crippen LogP contribution is -2.36. The lowest BCUT2D eigenvalue weighted by molar-refractivity contribution is 0.180. The molecule has 0 saturated heterocycles. The summed E-state index contributed by atoms with van der Waals surface area (Å²) < 4.78 is 33.5. The largest absolute Gasteiger partial charge is 0.394 e. The molecule has 2 N–H and O–H groups in total. The second-order valence-corrected chi connectivity index (χ2v) is 6.08. The van der Waals surface area contributed by atoms with Gasteiger partial charge in [-0.1, -0.05) is 0 Å². The van der Waals surface area contributed by atoms with E-state index < -0.39 is 10.0 Å². The summed E-state index contributed by atoms with van der Waals surface area (Å²) >= 11 is 0. The van der Waals surface area contributed by atoms with Crippen LogP contribution in [0.3, 0.4) is 0 Å². The number of rotatable bonds is 7. The van der Waals surface area contributed by atoms with Crippen molar-refractivity contribution in [3.8, 4) is 0 Å². The summed E-state index contributed by atoms with van der Waals surface area (Å²) in [5.41, 5.74) is 0.937. The van der Waals surface area contributed by atoms with Crippen LogP contribution < -0.4 is 4.72 Å². The Morgan fingerprint density at radius 1 is 1.47 bits per heavy atom. The van der Waals surface area contributed by atoms with Gasteiger partial charge in [0.25, 0.3) is 0 Å². The van der Waals surface area contributed by atoms with Gasteiger partial charge in [0.05, 0.1) is 31.1 Å². The van der Waals surface area contributed by atoms with Crippen molar-refractivity contribution < 1.29 is 18.3 Å². The number of aliphatic hydroxyl groups is 1. The predicted octanol–water partition coefficient (Wildman–Crippen LogP) is -0.195. The van der Waals surface area contributed by atoms with Gasteiger partial charge in [0, 0.05) is 13.2 Å². The third-order valence-corrected chi connectivity index (χ3v) is 4.51. The van der Waals surface area contributed by atoms with Gasteiger partial charge in [-0.2, -0.15) is 5.10 Å². The maximum absolute atomic E-state index is 12.3. The summed E-state index contributed by atoms with van der Waals surface area (Å²) in [7, 11) is -2.12. The van der Waals surface area contributed by atoms with Gasteiger partial charge in [0.15, 0.2) is 0 Å². The first kappa shape index (κ1) is 16.1. The molecule has 1 aromatic heterocycles. The van der Waals surface area contributed by atoms with E-state index in [1.165, 1.54) is 11.8 Å². The van der Waals surface area contributed by atoms with Crippen LogP contribution in [0, 0.1) is 13.8 Å². The molecule has 0 aliphatic heterocycles. The van der Waals surface area contributed by atoms with Crippen molar-refractivity contribution in [3.63, 3.8) is 0 Å². The standard InChI is InChI=1S/C11H21N3O4S/c1-8(7-18-4)13-19(16,17)11-9(2)12-14(5-6-15)10(11)3/h8,13,15H,5-7H2,1-4H3. The zero-order valence-electron chi connectivity index (χ0n) is 11.7. The van der Waals surface area contributed by atoms with E-state index in [0.29, 0.717) is 18.0 Å². The number of aryl methyl sites for hydroxylation is 1. The molecule has 1 aromatic rings. The van der Waals surface area contributed by atoms with E-state index in [4.69, 9.17) is 9.84 Å². The molecule has 0 aliphatic rings. The number of methoxy groups -OCH3 is 1. The molecule has 8 heteroatoms. The van der Waals surface area contributed by atoms with Crippen LogP contribution in [0.2, 0.25) is 0 Å². The topological polar surface area (TPSA) is 93.5 Å². The van der Waals surface area contributed by atoms with Crippen molar-refractivity contribution in [2.24, 2.45) is 0 Å². The number of nitrogens with zero attached hydrogens (tertiary/aromatic N) is 2. The summed E-state index contributed by atoms with van der Waals surface area (Å²) in [6.07, 6.45) is 0. The summed E-state index contributed by atoms with van der Waals surface area (Å²) in [5, 5.41) is 13.0. The Bertz CT molecular complexity index is 524. The molecule has 1 atom stereocenters. The number of ether oxygens (including phenoxy) is 1. The van der Waals surface area contributed by atoms with Gasteiger partial charge in [-0.05, 0) is 20.8 Å². The number of nitrogens with one attached hydrogen (secondary N) is 1. The number of sulfonamides is 1. The first-order valence-corrected chi connectivity index (χ1v) is 7.48. The highest BCUT2D eigenvalue weighted by Crippen LogP contribution is 2.19. The molecule has 7 nitrogen and oxygen atoms in total. The lowest BCUT2D eigenvalue weighted by Gasteiger charge is -2.13. The van der Waals surface area contributed by atoms with Crippen LogP contribution in [0.25, 0.3) is 0 Å². The van der Waals surface area contributed by atoms with Crippen LogP contribution in [0.5, 0.6) is 0 Å². The fourth-order valence-electron chi connectivity index (χ4n) is 1.99. The molecule has 1 unspecified atom stereocenters. The third-order valence-electron chi connectivity index (χ3n) is 2.67. The van der Waals surface area contributed by atoms with Gasteiger partial charge in [-0.25, -0.2) is 13.1 Å². The quantitative estimate of drug-likeness (QED) is 0.726. The predicted molar refractivity (Wildman–Crippen MR) is 70.4 cm³/mol. The summed E-state index contributed by atoms with van der Waals surface area (Å²) in [6, 6.07) is -0.324. The highest BCUT2D eigenvalue weighted by molar-refractivity contribution is 7.89. The highest BCUT2D eigenvalue weighted by Gasteiger charge is 2.25. The summed E-state index contributed by atoms with van der Waals surface area (Å²) in [5.74, 6) is 0. The van der Waals surface area contributed by atoms with Gasteiger partial charge < -0.3 is 9.84 Å². The van der Waals surface area contributed by atoms with Crippen molar-refractivity contribution in [1.29, 1.82) is 0 Å². The molecule has 0 saturated carbocycles. The van der Waals surface area contributed by atoms with Gasteiger partial charge in [0.1, 0.15) is 4.90 Å². The second-order valence-electron chi connectivity index (χ2n) is 4.42. The van der Waals surface area contributed by atoms with Gasteiger partial charge in [-0.15, -0.1) is 0 Å². The average molecular weight is 291 g/mol. The molecular weight excluding hydrogens is 270 g/mol. The smallest absolute Gasteiger partial charge is 0.244 e. The molecule has 0 amide bonds. The molecule has 0 bridgehead atoms. The molecule has 1 heterocycles. The fourth-order valence-corrected chi connectivity index (χ4v) is 3.63. The summed E-state index contributed by atoms with van der Waals surface area (Å²) in [6.45, 7) is 5.51. The van der Waals surface area contributed by atoms with Gasteiger partial charge in [-0.3, -0.25) is 4.68 Å². The van der Waals surface area contributed by atoms with Gasteiger partial charge >= 0.3 is 0 Å². The number of hydrogen-bond donors (Lipinski definition) is 2. The van der Waals surface area contributed by atoms with Crippen molar-refractivity contribution in [2.45, 2.75) is 38.3 Å². The van der Waals surface area contributed by atoms with Crippen LogP contribution in [0.4, 0.5) is 0 Å². The SMILES string of the molecule is COCC(C)NS(=O)(=O)c1c(C)nn(CCO)c1C. The molecular formula is C11H21N3O4S. The normalized spacial score (nSPS) is 13.7. The lowest BCUT2D eigenvalue weighted by atomic mass is 10.4. The highest BCUT2D eigenvalue weighted by atomic mass is 32.2. The van der Waals surface area contributed by atoms with Crippen molar-refractivity contribution in [2.75, 3.05) is 20.3 Å². The van der Waals surface area contributed by atoms with E-state index in [1.807, 2.05) is 0 Å². The Morgan fingerprint density at radius 2 is 2.11 bits per heavy atom. The van der Waals surface area contributed by atoms with E-state index in [-0.39, 0.29) is 24.1 Å². The molecule has 19 heavy (non-hydrogen) atoms. The average Bonchev–Trinajstić information content (AvgIpc) is 2.54. The number of aliphatic hydroxyl groups excluding tert-OH is 1. The molecule has 0 aromatic carbocycles. The molecule has 0 fully saturated rings. The Labute approximate surface area is 113 Å². The van der Waals surface area contributed by atoms with Gasteiger partial charge in [0.2, 0.25) is 10.0 Å². The molecule has 110 valence electrons. The van der Waals surface area contributed by atoms with Crippen LogP contribution >= 0.6 is 0 Å². The van der Waals surface area contributed by atoms with Crippen LogP contribution in [0.15, 0.2) is 4.90 Å². The van der Waals surface area contributed by atoms with Crippen LogP contribution in [0.1, 0.15) is 18.3 Å². The Hall–Kier alpha value is -0.960. The minimum absolute atomic E-state index is 0.0883. The van der Waals surface area contributed by atoms with Crippen LogP contribution in [-0.4, -0.2) is 49.7 Å². The maximum atomic E-state index is 12.3. The molecule has 0 spiro atoms. The monoisotopic (exact) mass is 291 g/mol. The van der Waals surface area contributed by atoms with Crippen molar-refractivity contribution in [1.82, 2.24) is 14.5 Å². The third kappa shape index (κ3) is 3.75. The molecule has 0 radical (unpaired) electrons. The van der Waals surface area contributed by atoms with Crippen molar-refractivity contribution in [3.05, 3.63) is 11.4 Å². The minimum atomic E-state index is -3.64. The molecule has 1 rings (SSSR count). The number of hydrogen-bond acceptors (Lipinski definition) is 5. The van der Waals surface area contributed by atoms with Crippen LogP contribution in [-0.2, 0) is 21.3 Å². The Kier molecular flexibility index (Phi) is 5.48. The maximum Gasteiger partial charge on any atom is 0.244 e. The first-order valence-electron chi connectivity index (χ1n) is 5.99. The van der Waals surface area contributed by atoms with E-state index in [0.717, 1.165) is 0 Å². The van der Waals surface area contributed by atoms with E-state index in [9.17, 15) is 8.42 Å². The van der Waals surface area contributed by atoms with Crippen molar-refractivity contribution >= 4 is 10.0 Å². The Balaban J connectivity index is 3.08. The number of aromatic nitrogens is 2. The minimum Gasteiger partial charge on any atom is -0.394 e. The fraction of sp³-hybridized carbons (Fsp3) is 0.727. The van der Waals surface area contributed by atoms with E-state index >= 15 is 0 Å². The van der Waals surface area contributed by atoms with E-state index in [2.05, 4.69) is 9.82 Å². The molecule has 0 aliphatic carbocycles. The van der Waals surface area contributed by atoms with E-state index in [1.54, 1.807) is 20.8 Å². The second kappa shape index (κ2) is 6.47. The summed E-state index contributed by atoms with van der Waals surface area (Å²) in [4.78, 5) is 0.170. The zero-order valence-corrected chi connectivity index (χ0v) is 12.5.